The van der Waals surface area contributed by atoms with E-state index in [-0.39, 0.29) is 23.5 Å². The van der Waals surface area contributed by atoms with E-state index in [0.29, 0.717) is 5.69 Å². The zero-order valence-corrected chi connectivity index (χ0v) is 12.4. The number of amides is 2. The number of thioether (sulfide) groups is 1. The molecule has 106 valence electrons. The third-order valence-electron chi connectivity index (χ3n) is 3.35. The van der Waals surface area contributed by atoms with Crippen LogP contribution in [0.25, 0.3) is 0 Å². The Morgan fingerprint density at radius 2 is 1.90 bits per heavy atom. The van der Waals surface area contributed by atoms with Crippen LogP contribution in [-0.4, -0.2) is 17.1 Å². The molecule has 1 aliphatic heterocycles. The number of pyridine rings is 1. The first-order valence-electron chi connectivity index (χ1n) is 6.72. The minimum Gasteiger partial charge on any atom is -0.274 e. The molecule has 1 fully saturated rings. The van der Waals surface area contributed by atoms with Crippen molar-refractivity contribution in [2.75, 3.05) is 4.90 Å². The van der Waals surface area contributed by atoms with Crippen LogP contribution in [0, 0.1) is 6.92 Å². The highest BCUT2D eigenvalue weighted by Crippen LogP contribution is 2.32. The summed E-state index contributed by atoms with van der Waals surface area (Å²) in [6.07, 6.45) is 2.04. The molecular formula is C16H15N2O2S+. The number of nitrogens with zero attached hydrogens (tertiary/aromatic N) is 1. The summed E-state index contributed by atoms with van der Waals surface area (Å²) in [5.41, 5.74) is 1.75. The van der Waals surface area contributed by atoms with E-state index in [1.165, 1.54) is 16.7 Å². The van der Waals surface area contributed by atoms with E-state index in [4.69, 9.17) is 0 Å². The highest BCUT2D eigenvalue weighted by Gasteiger charge is 2.41. The summed E-state index contributed by atoms with van der Waals surface area (Å²) in [4.78, 5) is 29.0. The standard InChI is InChI=1S/C16H14N2O2S/c1-11-5-7-12(8-6-11)18-15(19)10-13(16(18)20)21-14-4-2-3-9-17-14/h2-9,13H,10H2,1H3/p+1. The molecule has 1 aromatic heterocycles. The summed E-state index contributed by atoms with van der Waals surface area (Å²) in [5, 5.41) is 0.520. The van der Waals surface area contributed by atoms with Gasteiger partial charge < -0.3 is 0 Å². The summed E-state index contributed by atoms with van der Waals surface area (Å²) in [6.45, 7) is 1.97. The van der Waals surface area contributed by atoms with Gasteiger partial charge in [0.15, 0.2) is 6.20 Å². The van der Waals surface area contributed by atoms with Gasteiger partial charge in [-0.05, 0) is 36.9 Å². The molecule has 0 saturated carbocycles. The number of anilines is 1. The average molecular weight is 299 g/mol. The maximum absolute atomic E-state index is 12.5. The predicted molar refractivity (Wildman–Crippen MR) is 80.9 cm³/mol. The second-order valence-electron chi connectivity index (χ2n) is 4.94. The molecule has 1 N–H and O–H groups in total. The van der Waals surface area contributed by atoms with Gasteiger partial charge >= 0.3 is 0 Å². The molecule has 2 aromatic rings. The number of imide groups is 1. The Morgan fingerprint density at radius 1 is 1.14 bits per heavy atom. The van der Waals surface area contributed by atoms with Gasteiger partial charge in [0, 0.05) is 18.6 Å². The molecule has 21 heavy (non-hydrogen) atoms. The molecule has 0 bridgehead atoms. The number of rotatable bonds is 3. The first-order chi connectivity index (χ1) is 10.1. The van der Waals surface area contributed by atoms with Crippen LogP contribution in [0.1, 0.15) is 12.0 Å². The van der Waals surface area contributed by atoms with Gasteiger partial charge in [-0.1, -0.05) is 17.7 Å². The Bertz CT molecular complexity index is 670. The van der Waals surface area contributed by atoms with Crippen LogP contribution in [0.2, 0.25) is 0 Å². The van der Waals surface area contributed by atoms with Crippen LogP contribution in [-0.2, 0) is 9.59 Å². The first-order valence-corrected chi connectivity index (χ1v) is 7.60. The molecule has 1 aromatic carbocycles. The van der Waals surface area contributed by atoms with E-state index in [1.807, 2.05) is 49.4 Å². The highest BCUT2D eigenvalue weighted by molar-refractivity contribution is 8.00. The van der Waals surface area contributed by atoms with Gasteiger partial charge in [0.05, 0.1) is 5.69 Å². The zero-order valence-electron chi connectivity index (χ0n) is 11.6. The second-order valence-corrected chi connectivity index (χ2v) is 6.18. The van der Waals surface area contributed by atoms with Gasteiger partial charge in [-0.25, -0.2) is 9.88 Å². The lowest BCUT2D eigenvalue weighted by Gasteiger charge is -2.14. The Hall–Kier alpha value is -2.14. The monoisotopic (exact) mass is 299 g/mol. The summed E-state index contributed by atoms with van der Waals surface area (Å²) in [6, 6.07) is 13.1. The number of aryl methyl sites for hydroxylation is 1. The minimum atomic E-state index is -0.363. The molecule has 1 unspecified atom stereocenters. The maximum atomic E-state index is 12.5. The fraction of sp³-hybridized carbons (Fsp3) is 0.188. The Kier molecular flexibility index (Phi) is 3.75. The van der Waals surface area contributed by atoms with E-state index in [9.17, 15) is 9.59 Å². The summed E-state index contributed by atoms with van der Waals surface area (Å²) in [7, 11) is 0. The normalized spacial score (nSPS) is 18.3. The molecule has 4 nitrogen and oxygen atoms in total. The topological polar surface area (TPSA) is 51.5 Å². The molecule has 1 saturated heterocycles. The van der Waals surface area contributed by atoms with Crippen molar-refractivity contribution in [1.29, 1.82) is 0 Å². The molecule has 0 radical (unpaired) electrons. The van der Waals surface area contributed by atoms with E-state index in [2.05, 4.69) is 4.98 Å². The fourth-order valence-electron chi connectivity index (χ4n) is 2.26. The Balaban J connectivity index is 1.80. The lowest BCUT2D eigenvalue weighted by atomic mass is 10.2. The fourth-order valence-corrected chi connectivity index (χ4v) is 3.30. The number of aromatic nitrogens is 1. The predicted octanol–water partition coefficient (Wildman–Crippen LogP) is 2.23. The van der Waals surface area contributed by atoms with E-state index in [1.54, 1.807) is 6.20 Å². The third-order valence-corrected chi connectivity index (χ3v) is 4.51. The minimum absolute atomic E-state index is 0.141. The largest absolute Gasteiger partial charge is 0.274 e. The van der Waals surface area contributed by atoms with Crippen molar-refractivity contribution >= 4 is 29.3 Å². The second kappa shape index (κ2) is 5.69. The van der Waals surface area contributed by atoms with Crippen LogP contribution >= 0.6 is 11.8 Å². The van der Waals surface area contributed by atoms with Crippen LogP contribution in [0.5, 0.6) is 0 Å². The van der Waals surface area contributed by atoms with Crippen LogP contribution in [0.4, 0.5) is 5.69 Å². The van der Waals surface area contributed by atoms with Crippen molar-refractivity contribution in [2.45, 2.75) is 23.6 Å². The summed E-state index contributed by atoms with van der Waals surface area (Å²) < 4.78 is 0. The smallest absolute Gasteiger partial charge is 0.248 e. The van der Waals surface area contributed by atoms with Crippen LogP contribution < -0.4 is 9.88 Å². The van der Waals surface area contributed by atoms with Crippen LogP contribution in [0.3, 0.4) is 0 Å². The number of hydrogen-bond donors (Lipinski definition) is 0. The number of aromatic amines is 1. The number of H-pyrrole nitrogens is 1. The number of hydrogen-bond acceptors (Lipinski definition) is 3. The Labute approximate surface area is 127 Å². The average Bonchev–Trinajstić information content (AvgIpc) is 2.76. The number of carbonyl (C=O) groups is 2. The van der Waals surface area contributed by atoms with Gasteiger partial charge in [-0.3, -0.25) is 9.59 Å². The lowest BCUT2D eigenvalue weighted by molar-refractivity contribution is -0.426. The molecule has 0 spiro atoms. The quantitative estimate of drug-likeness (QED) is 0.817. The number of carbonyl (C=O) groups excluding carboxylic acids is 2. The van der Waals surface area contributed by atoms with E-state index in [0.717, 1.165) is 10.6 Å². The van der Waals surface area contributed by atoms with Crippen molar-refractivity contribution in [3.63, 3.8) is 0 Å². The maximum Gasteiger partial charge on any atom is 0.248 e. The van der Waals surface area contributed by atoms with Crippen molar-refractivity contribution in [3.05, 3.63) is 54.2 Å². The Morgan fingerprint density at radius 3 is 2.57 bits per heavy atom. The van der Waals surface area contributed by atoms with Gasteiger partial charge in [0.2, 0.25) is 16.8 Å². The van der Waals surface area contributed by atoms with E-state index < -0.39 is 0 Å². The van der Waals surface area contributed by atoms with Crippen molar-refractivity contribution in [3.8, 4) is 0 Å². The zero-order chi connectivity index (χ0) is 14.8. The summed E-state index contributed by atoms with van der Waals surface area (Å²) in [5.74, 6) is -0.289. The van der Waals surface area contributed by atoms with Crippen molar-refractivity contribution in [2.24, 2.45) is 0 Å². The molecule has 1 atom stereocenters. The molecular weight excluding hydrogens is 284 g/mol. The SMILES string of the molecule is Cc1ccc(N2C(=O)CC(Sc3cccc[nH+]3)C2=O)cc1. The van der Waals surface area contributed by atoms with E-state index >= 15 is 0 Å². The summed E-state index contributed by atoms with van der Waals surface area (Å²) >= 11 is 1.40. The van der Waals surface area contributed by atoms with Crippen molar-refractivity contribution in [1.82, 2.24) is 0 Å². The highest BCUT2D eigenvalue weighted by atomic mass is 32.2. The number of nitrogens with one attached hydrogen (secondary N) is 1. The van der Waals surface area contributed by atoms with Gasteiger partial charge in [-0.15, -0.1) is 0 Å². The lowest BCUT2D eigenvalue weighted by Crippen LogP contribution is -2.31. The van der Waals surface area contributed by atoms with Crippen LogP contribution in [0.15, 0.2) is 53.7 Å². The van der Waals surface area contributed by atoms with Gasteiger partial charge in [0.25, 0.3) is 0 Å². The molecule has 0 aliphatic carbocycles. The van der Waals surface area contributed by atoms with Crippen molar-refractivity contribution < 1.29 is 14.6 Å². The molecule has 3 rings (SSSR count). The molecule has 5 heteroatoms. The molecule has 2 heterocycles. The number of benzene rings is 1. The third kappa shape index (κ3) is 2.83. The van der Waals surface area contributed by atoms with Gasteiger partial charge in [0.1, 0.15) is 5.25 Å². The van der Waals surface area contributed by atoms with Gasteiger partial charge in [-0.2, -0.15) is 0 Å². The molecule has 2 amide bonds. The molecule has 1 aliphatic rings. The first kappa shape index (κ1) is 13.8.